The standard InChI is InChI=1S/C43H72O15/c1-20(45)54-24-17-43(9,58-39(4,5)35(24)52)21-10-14-42(8)29(21)22(46)16-27-40(6)13-12-28(38(2,3)26(40)11-15-41(27,42)7)56-37-34(32(50)31(49)25(18-44)55-37)57-36-33(51)30(48)23(47)19-53-36/h21-37,44,46-52H,10-19H2,1-9H3/t21-,22+,23+,24-,25+,26+,27+,28-,29-,30-,31+,32-,33+,34+,35+,36-,37-,40-,41+,42+,43-/m0/s1. The summed E-state index contributed by atoms with van der Waals surface area (Å²) in [5, 5.41) is 86.6. The SMILES string of the molecule is CC(=O)O[C@H]1C[C@@](C)([C@H]2CC[C@]3(C)[C@@H]2[C@H](O)C[C@@H]2[C@@]4(C)CC[C@H](O[C@@H]5O[C@H](CO)[C@@H](O)[C@H](O)[C@H]5O[C@@H]5OC[C@@H](O)[C@H](O)[C@H]5O)C(C)(C)[C@H]4CC[C@]23C)OC(C)(C)[C@@H]1O. The van der Waals surface area contributed by atoms with E-state index < -0.39 is 109 Å². The molecule has 0 unspecified atom stereocenters. The topological polar surface area (TPSA) is 234 Å². The lowest BCUT2D eigenvalue weighted by Gasteiger charge is -2.71. The summed E-state index contributed by atoms with van der Waals surface area (Å²) in [6, 6.07) is 0. The second kappa shape index (κ2) is 15.3. The van der Waals surface area contributed by atoms with Crippen LogP contribution in [0.15, 0.2) is 0 Å². The van der Waals surface area contributed by atoms with E-state index in [2.05, 4.69) is 41.5 Å². The fourth-order valence-electron chi connectivity index (χ4n) is 14.4. The van der Waals surface area contributed by atoms with Crippen LogP contribution in [0.25, 0.3) is 0 Å². The van der Waals surface area contributed by atoms with E-state index in [0.717, 1.165) is 32.1 Å². The van der Waals surface area contributed by atoms with Crippen LogP contribution in [-0.4, -0.2) is 151 Å². The highest BCUT2D eigenvalue weighted by Gasteiger charge is 2.72. The molecule has 7 fully saturated rings. The zero-order valence-electron chi connectivity index (χ0n) is 35.8. The number of hydrogen-bond donors (Lipinski definition) is 8. The molecule has 15 nitrogen and oxygen atoms in total. The van der Waals surface area contributed by atoms with Crippen LogP contribution >= 0.6 is 0 Å². The van der Waals surface area contributed by atoms with E-state index in [1.54, 1.807) is 0 Å². The zero-order valence-corrected chi connectivity index (χ0v) is 35.8. The molecular weight excluding hydrogens is 756 g/mol. The van der Waals surface area contributed by atoms with Crippen molar-refractivity contribution in [1.82, 2.24) is 0 Å². The fraction of sp³-hybridized carbons (Fsp3) is 0.977. The van der Waals surface area contributed by atoms with E-state index in [1.165, 1.54) is 6.92 Å². The molecule has 58 heavy (non-hydrogen) atoms. The molecule has 0 radical (unpaired) electrons. The summed E-state index contributed by atoms with van der Waals surface area (Å²) in [6.45, 7) is 17.8. The number of carbonyl (C=O) groups excluding carboxylic acids is 1. The molecular formula is C43H72O15. The first kappa shape index (κ1) is 45.0. The van der Waals surface area contributed by atoms with Gasteiger partial charge in [0.2, 0.25) is 0 Å². The smallest absolute Gasteiger partial charge is 0.302 e. The maximum atomic E-state index is 12.5. The van der Waals surface area contributed by atoms with Gasteiger partial charge < -0.3 is 69.3 Å². The van der Waals surface area contributed by atoms with Crippen LogP contribution in [0.4, 0.5) is 0 Å². The summed E-state index contributed by atoms with van der Waals surface area (Å²) in [5.74, 6) is -0.168. The highest BCUT2D eigenvalue weighted by molar-refractivity contribution is 5.66. The van der Waals surface area contributed by atoms with Gasteiger partial charge in [-0.05, 0) is 111 Å². The van der Waals surface area contributed by atoms with Crippen LogP contribution in [-0.2, 0) is 33.2 Å². The monoisotopic (exact) mass is 828 g/mol. The number of hydrogen-bond acceptors (Lipinski definition) is 15. The molecule has 0 aromatic rings. The number of carbonyl (C=O) groups is 1. The van der Waals surface area contributed by atoms with Gasteiger partial charge >= 0.3 is 5.97 Å². The highest BCUT2D eigenvalue weighted by atomic mass is 16.8. The molecule has 4 saturated carbocycles. The molecule has 0 bridgehead atoms. The fourth-order valence-corrected chi connectivity index (χ4v) is 14.4. The maximum Gasteiger partial charge on any atom is 0.302 e. The van der Waals surface area contributed by atoms with Crippen molar-refractivity contribution < 1.29 is 74.1 Å². The molecule has 0 aromatic heterocycles. The van der Waals surface area contributed by atoms with Gasteiger partial charge in [-0.25, -0.2) is 0 Å². The van der Waals surface area contributed by atoms with E-state index >= 15 is 0 Å². The first-order valence-electron chi connectivity index (χ1n) is 21.7. The predicted molar refractivity (Wildman–Crippen MR) is 205 cm³/mol. The van der Waals surface area contributed by atoms with Crippen LogP contribution in [0.5, 0.6) is 0 Å². The average molecular weight is 829 g/mol. The lowest BCUT2D eigenvalue weighted by atomic mass is 9.35. The van der Waals surface area contributed by atoms with Gasteiger partial charge in [-0.2, -0.15) is 0 Å². The summed E-state index contributed by atoms with van der Waals surface area (Å²) in [6.07, 6.45) is -9.64. The quantitative estimate of drug-likeness (QED) is 0.134. The van der Waals surface area contributed by atoms with Gasteiger partial charge in [0.1, 0.15) is 54.9 Å². The molecule has 8 N–H and O–H groups in total. The molecule has 0 amide bonds. The molecule has 3 heterocycles. The zero-order chi connectivity index (χ0) is 42.7. The van der Waals surface area contributed by atoms with Gasteiger partial charge in [0.05, 0.1) is 36.6 Å². The largest absolute Gasteiger partial charge is 0.460 e. The molecule has 0 spiro atoms. The van der Waals surface area contributed by atoms with Crippen molar-refractivity contribution >= 4 is 5.97 Å². The minimum atomic E-state index is -1.65. The molecule has 21 atom stereocenters. The summed E-state index contributed by atoms with van der Waals surface area (Å²) in [4.78, 5) is 12.1. The lowest BCUT2D eigenvalue weighted by Crippen LogP contribution is -2.68. The van der Waals surface area contributed by atoms with Crippen molar-refractivity contribution in [3.8, 4) is 0 Å². The first-order chi connectivity index (χ1) is 26.9. The highest BCUT2D eigenvalue weighted by Crippen LogP contribution is 2.76. The Morgan fingerprint density at radius 2 is 1.41 bits per heavy atom. The second-order valence-corrected chi connectivity index (χ2v) is 21.3. The Morgan fingerprint density at radius 3 is 2.07 bits per heavy atom. The summed E-state index contributed by atoms with van der Waals surface area (Å²) in [5.41, 5.74) is -2.65. The van der Waals surface area contributed by atoms with E-state index in [4.69, 9.17) is 28.4 Å². The molecule has 334 valence electrons. The van der Waals surface area contributed by atoms with Crippen LogP contribution in [0, 0.1) is 45.3 Å². The van der Waals surface area contributed by atoms with Crippen molar-refractivity contribution in [2.75, 3.05) is 13.2 Å². The van der Waals surface area contributed by atoms with Gasteiger partial charge in [0.25, 0.3) is 0 Å². The van der Waals surface area contributed by atoms with Crippen LogP contribution in [0.1, 0.15) is 114 Å². The van der Waals surface area contributed by atoms with Gasteiger partial charge in [-0.15, -0.1) is 0 Å². The number of aliphatic hydroxyl groups is 8. The van der Waals surface area contributed by atoms with Gasteiger partial charge in [-0.1, -0.05) is 34.6 Å². The summed E-state index contributed by atoms with van der Waals surface area (Å²) in [7, 11) is 0. The van der Waals surface area contributed by atoms with Crippen molar-refractivity contribution in [2.45, 2.75) is 205 Å². The van der Waals surface area contributed by atoms with Gasteiger partial charge in [-0.3, -0.25) is 4.79 Å². The number of aliphatic hydroxyl groups excluding tert-OH is 8. The Balaban J connectivity index is 1.12. The van der Waals surface area contributed by atoms with Crippen molar-refractivity contribution in [1.29, 1.82) is 0 Å². The Hall–Kier alpha value is -1.05. The number of fused-ring (bicyclic) bond motifs is 5. The van der Waals surface area contributed by atoms with E-state index in [1.807, 2.05) is 13.8 Å². The second-order valence-electron chi connectivity index (χ2n) is 21.3. The predicted octanol–water partition coefficient (Wildman–Crippen LogP) is 1.54. The molecule has 4 aliphatic carbocycles. The normalized spacial score (nSPS) is 55.2. The summed E-state index contributed by atoms with van der Waals surface area (Å²) >= 11 is 0. The van der Waals surface area contributed by atoms with Crippen LogP contribution in [0.3, 0.4) is 0 Å². The Morgan fingerprint density at radius 1 is 0.741 bits per heavy atom. The molecule has 7 rings (SSSR count). The molecule has 7 aliphatic rings. The molecule has 0 aromatic carbocycles. The Labute approximate surface area is 342 Å². The Kier molecular flexibility index (Phi) is 11.9. The van der Waals surface area contributed by atoms with E-state index in [0.29, 0.717) is 19.3 Å². The first-order valence-corrected chi connectivity index (χ1v) is 21.7. The van der Waals surface area contributed by atoms with E-state index in [9.17, 15) is 45.6 Å². The van der Waals surface area contributed by atoms with Gasteiger partial charge in [0.15, 0.2) is 12.6 Å². The number of esters is 1. The number of rotatable bonds is 7. The van der Waals surface area contributed by atoms with Gasteiger partial charge in [0, 0.05) is 13.3 Å². The Bertz CT molecular complexity index is 1510. The van der Waals surface area contributed by atoms with Crippen molar-refractivity contribution in [3.05, 3.63) is 0 Å². The molecule has 15 heteroatoms. The molecule has 3 aliphatic heterocycles. The van der Waals surface area contributed by atoms with Crippen molar-refractivity contribution in [3.63, 3.8) is 0 Å². The summed E-state index contributed by atoms with van der Waals surface area (Å²) < 4.78 is 36.8. The average Bonchev–Trinajstić information content (AvgIpc) is 3.52. The van der Waals surface area contributed by atoms with E-state index in [-0.39, 0.29) is 46.5 Å². The molecule has 3 saturated heterocycles. The minimum Gasteiger partial charge on any atom is -0.460 e. The number of ether oxygens (including phenoxy) is 6. The lowest BCUT2D eigenvalue weighted by molar-refractivity contribution is -0.370. The van der Waals surface area contributed by atoms with Crippen LogP contribution < -0.4 is 0 Å². The van der Waals surface area contributed by atoms with Crippen molar-refractivity contribution in [2.24, 2.45) is 45.3 Å². The third-order valence-electron chi connectivity index (χ3n) is 17.5. The third kappa shape index (κ3) is 6.93. The minimum absolute atomic E-state index is 0.0167. The third-order valence-corrected chi connectivity index (χ3v) is 17.5. The maximum absolute atomic E-state index is 12.5. The van der Waals surface area contributed by atoms with Crippen LogP contribution in [0.2, 0.25) is 0 Å².